The Bertz CT molecular complexity index is 642. The van der Waals surface area contributed by atoms with E-state index in [9.17, 15) is 4.79 Å². The van der Waals surface area contributed by atoms with Crippen molar-refractivity contribution in [2.45, 2.75) is 33.7 Å². The third kappa shape index (κ3) is 5.22. The third-order valence-corrected chi connectivity index (χ3v) is 3.81. The van der Waals surface area contributed by atoms with Gasteiger partial charge in [0.15, 0.2) is 0 Å². The Kier molecular flexibility index (Phi) is 5.94. The summed E-state index contributed by atoms with van der Waals surface area (Å²) in [6.07, 6.45) is 0.952. The molecule has 0 heterocycles. The molecule has 23 heavy (non-hydrogen) atoms. The summed E-state index contributed by atoms with van der Waals surface area (Å²) in [7, 11) is 0. The molecule has 0 saturated heterocycles. The second kappa shape index (κ2) is 7.93. The lowest BCUT2D eigenvalue weighted by molar-refractivity contribution is -0.138. The van der Waals surface area contributed by atoms with E-state index in [-0.39, 0.29) is 6.54 Å². The van der Waals surface area contributed by atoms with Crippen molar-refractivity contribution in [2.24, 2.45) is 0 Å². The predicted molar refractivity (Wildman–Crippen MR) is 94.6 cm³/mol. The Hall–Kier alpha value is -2.13. The van der Waals surface area contributed by atoms with Crippen molar-refractivity contribution in [1.82, 2.24) is 4.90 Å². The smallest absolute Gasteiger partial charge is 0.317 e. The van der Waals surface area contributed by atoms with E-state index in [2.05, 4.69) is 63.2 Å². The largest absolute Gasteiger partial charge is 0.480 e. The molecule has 0 radical (unpaired) electrons. The van der Waals surface area contributed by atoms with Gasteiger partial charge in [0.25, 0.3) is 0 Å². The molecule has 0 aliphatic carbocycles. The predicted octanol–water partition coefficient (Wildman–Crippen LogP) is 4.27. The Morgan fingerprint density at radius 3 is 2.13 bits per heavy atom. The van der Waals surface area contributed by atoms with E-state index in [1.807, 2.05) is 4.90 Å². The van der Waals surface area contributed by atoms with Gasteiger partial charge < -0.3 is 5.11 Å². The van der Waals surface area contributed by atoms with Crippen LogP contribution in [0.2, 0.25) is 0 Å². The Morgan fingerprint density at radius 2 is 1.61 bits per heavy atom. The number of rotatable bonds is 7. The molecule has 2 rings (SSSR count). The number of carbonyl (C=O) groups is 1. The standard InChI is InChI=1S/C20H25NO2/c1-4-9-21(14-20(22)23)13-17-5-7-18(8-6-17)19-11-15(2)10-16(3)12-19/h5-8,10-12H,4,9,13-14H2,1-3H3,(H,22,23). The highest BCUT2D eigenvalue weighted by Gasteiger charge is 2.09. The van der Waals surface area contributed by atoms with Crippen molar-refractivity contribution in [3.63, 3.8) is 0 Å². The molecule has 2 aromatic carbocycles. The minimum absolute atomic E-state index is 0.0899. The van der Waals surface area contributed by atoms with Crippen molar-refractivity contribution >= 4 is 5.97 Å². The number of nitrogens with zero attached hydrogens (tertiary/aromatic N) is 1. The lowest BCUT2D eigenvalue weighted by Crippen LogP contribution is -2.30. The van der Waals surface area contributed by atoms with Gasteiger partial charge in [-0.05, 0) is 43.5 Å². The quantitative estimate of drug-likeness (QED) is 0.830. The van der Waals surface area contributed by atoms with Gasteiger partial charge in [-0.2, -0.15) is 0 Å². The average molecular weight is 311 g/mol. The van der Waals surface area contributed by atoms with Gasteiger partial charge in [-0.3, -0.25) is 9.69 Å². The van der Waals surface area contributed by atoms with Crippen LogP contribution < -0.4 is 0 Å². The summed E-state index contributed by atoms with van der Waals surface area (Å²) in [4.78, 5) is 12.9. The number of hydrogen-bond donors (Lipinski definition) is 1. The molecule has 3 heteroatoms. The first-order valence-electron chi connectivity index (χ1n) is 8.09. The molecular formula is C20H25NO2. The van der Waals surface area contributed by atoms with E-state index in [1.165, 1.54) is 22.3 Å². The molecule has 0 amide bonds. The molecule has 0 aliphatic heterocycles. The van der Waals surface area contributed by atoms with Crippen LogP contribution in [0.15, 0.2) is 42.5 Å². The van der Waals surface area contributed by atoms with E-state index in [1.54, 1.807) is 0 Å². The molecule has 2 aromatic rings. The second-order valence-electron chi connectivity index (χ2n) is 6.18. The zero-order valence-electron chi connectivity index (χ0n) is 14.2. The maximum atomic E-state index is 10.9. The molecule has 0 unspecified atom stereocenters. The van der Waals surface area contributed by atoms with Crippen molar-refractivity contribution in [3.8, 4) is 11.1 Å². The minimum atomic E-state index is -0.773. The Morgan fingerprint density at radius 1 is 1.00 bits per heavy atom. The molecule has 0 aliphatic rings. The van der Waals surface area contributed by atoms with Crippen molar-refractivity contribution < 1.29 is 9.90 Å². The summed E-state index contributed by atoms with van der Waals surface area (Å²) >= 11 is 0. The van der Waals surface area contributed by atoms with Crippen LogP contribution in [0.5, 0.6) is 0 Å². The monoisotopic (exact) mass is 311 g/mol. The molecule has 1 N–H and O–H groups in total. The van der Waals surface area contributed by atoms with Gasteiger partial charge in [-0.25, -0.2) is 0 Å². The highest BCUT2D eigenvalue weighted by atomic mass is 16.4. The van der Waals surface area contributed by atoms with Crippen molar-refractivity contribution in [1.29, 1.82) is 0 Å². The molecule has 0 bridgehead atoms. The molecule has 0 fully saturated rings. The van der Waals surface area contributed by atoms with E-state index >= 15 is 0 Å². The zero-order chi connectivity index (χ0) is 16.8. The topological polar surface area (TPSA) is 40.5 Å². The fourth-order valence-corrected chi connectivity index (χ4v) is 2.92. The van der Waals surface area contributed by atoms with Crippen molar-refractivity contribution in [3.05, 3.63) is 59.2 Å². The van der Waals surface area contributed by atoms with E-state index in [0.717, 1.165) is 18.5 Å². The van der Waals surface area contributed by atoms with Gasteiger partial charge in [0.1, 0.15) is 0 Å². The van der Waals surface area contributed by atoms with Crippen LogP contribution in [0.4, 0.5) is 0 Å². The first kappa shape index (κ1) is 17.2. The number of carboxylic acids is 1. The number of hydrogen-bond acceptors (Lipinski definition) is 2. The second-order valence-corrected chi connectivity index (χ2v) is 6.18. The Labute approximate surface area is 138 Å². The fraction of sp³-hybridized carbons (Fsp3) is 0.350. The molecular weight excluding hydrogens is 286 g/mol. The van der Waals surface area contributed by atoms with Gasteiger partial charge in [-0.1, -0.05) is 60.5 Å². The molecule has 3 nitrogen and oxygen atoms in total. The van der Waals surface area contributed by atoms with E-state index in [4.69, 9.17) is 5.11 Å². The van der Waals surface area contributed by atoms with Gasteiger partial charge in [0.2, 0.25) is 0 Å². The van der Waals surface area contributed by atoms with Gasteiger partial charge in [0.05, 0.1) is 6.54 Å². The minimum Gasteiger partial charge on any atom is -0.480 e. The first-order valence-corrected chi connectivity index (χ1v) is 8.09. The lowest BCUT2D eigenvalue weighted by atomic mass is 10.00. The van der Waals surface area contributed by atoms with Crippen LogP contribution in [0.1, 0.15) is 30.0 Å². The third-order valence-electron chi connectivity index (χ3n) is 3.81. The summed E-state index contributed by atoms with van der Waals surface area (Å²) < 4.78 is 0. The number of aryl methyl sites for hydroxylation is 2. The van der Waals surface area contributed by atoms with Crippen molar-refractivity contribution in [2.75, 3.05) is 13.1 Å². The van der Waals surface area contributed by atoms with Crippen LogP contribution >= 0.6 is 0 Å². The summed E-state index contributed by atoms with van der Waals surface area (Å²) in [5.41, 5.74) is 6.10. The van der Waals surface area contributed by atoms with Crippen LogP contribution in [0, 0.1) is 13.8 Å². The van der Waals surface area contributed by atoms with Crippen LogP contribution in [-0.4, -0.2) is 29.1 Å². The van der Waals surface area contributed by atoms with Gasteiger partial charge in [-0.15, -0.1) is 0 Å². The molecule has 122 valence electrons. The number of aliphatic carboxylic acids is 1. The summed E-state index contributed by atoms with van der Waals surface area (Å²) in [5, 5.41) is 8.99. The highest BCUT2D eigenvalue weighted by molar-refractivity contribution is 5.69. The Balaban J connectivity index is 2.13. The maximum absolute atomic E-state index is 10.9. The fourth-order valence-electron chi connectivity index (χ4n) is 2.92. The van der Waals surface area contributed by atoms with E-state index in [0.29, 0.717) is 6.54 Å². The number of carboxylic acid groups (broad SMARTS) is 1. The SMILES string of the molecule is CCCN(CC(=O)O)Cc1ccc(-c2cc(C)cc(C)c2)cc1. The van der Waals surface area contributed by atoms with E-state index < -0.39 is 5.97 Å². The zero-order valence-corrected chi connectivity index (χ0v) is 14.2. The maximum Gasteiger partial charge on any atom is 0.317 e. The number of benzene rings is 2. The average Bonchev–Trinajstić information content (AvgIpc) is 2.46. The summed E-state index contributed by atoms with van der Waals surface area (Å²) in [6, 6.07) is 15.0. The summed E-state index contributed by atoms with van der Waals surface area (Å²) in [5.74, 6) is -0.773. The lowest BCUT2D eigenvalue weighted by Gasteiger charge is -2.19. The van der Waals surface area contributed by atoms with Gasteiger partial charge in [0, 0.05) is 6.54 Å². The van der Waals surface area contributed by atoms with Crippen LogP contribution in [-0.2, 0) is 11.3 Å². The first-order chi connectivity index (χ1) is 11.0. The van der Waals surface area contributed by atoms with Crippen LogP contribution in [0.25, 0.3) is 11.1 Å². The molecule has 0 atom stereocenters. The summed E-state index contributed by atoms with van der Waals surface area (Å²) in [6.45, 7) is 7.85. The normalized spacial score (nSPS) is 11.0. The van der Waals surface area contributed by atoms with Gasteiger partial charge >= 0.3 is 5.97 Å². The molecule has 0 spiro atoms. The van der Waals surface area contributed by atoms with Crippen LogP contribution in [0.3, 0.4) is 0 Å². The highest BCUT2D eigenvalue weighted by Crippen LogP contribution is 2.23. The molecule has 0 aromatic heterocycles. The molecule has 0 saturated carbocycles.